The molecule has 1 heterocycles. The minimum atomic E-state index is -0.547. The molecule has 212 valence electrons. The number of methoxy groups -OCH3 is 2. The summed E-state index contributed by atoms with van der Waals surface area (Å²) in [5, 5.41) is 3.40. The van der Waals surface area contributed by atoms with Crippen LogP contribution in [0.1, 0.15) is 48.3 Å². The first-order valence-electron chi connectivity index (χ1n) is 13.8. The first-order chi connectivity index (χ1) is 20.0. The first kappa shape index (κ1) is 28.2. The summed E-state index contributed by atoms with van der Waals surface area (Å²) >= 11 is 0. The fourth-order valence-corrected chi connectivity index (χ4v) is 5.55. The molecule has 1 N–H and O–H groups in total. The Hall–Kier alpha value is -4.36. The van der Waals surface area contributed by atoms with E-state index in [1.807, 2.05) is 85.8 Å². The molecule has 0 bridgehead atoms. The molecule has 2 atom stereocenters. The molecule has 0 spiro atoms. The monoisotopic (exact) mass is 553 g/mol. The Kier molecular flexibility index (Phi) is 8.85. The average Bonchev–Trinajstić information content (AvgIpc) is 3.00. The third kappa shape index (κ3) is 6.36. The predicted molar refractivity (Wildman–Crippen MR) is 156 cm³/mol. The lowest BCUT2D eigenvalue weighted by Gasteiger charge is -2.36. The van der Waals surface area contributed by atoms with Crippen molar-refractivity contribution in [3.8, 4) is 11.5 Å². The molecule has 1 aliphatic carbocycles. The quantitative estimate of drug-likeness (QED) is 0.250. The summed E-state index contributed by atoms with van der Waals surface area (Å²) in [5.41, 5.74) is 5.58. The van der Waals surface area contributed by atoms with Crippen molar-refractivity contribution in [2.75, 3.05) is 27.4 Å². The van der Waals surface area contributed by atoms with Gasteiger partial charge >= 0.3 is 5.97 Å². The van der Waals surface area contributed by atoms with Gasteiger partial charge in [-0.05, 0) is 60.2 Å². The average molecular weight is 554 g/mol. The molecule has 7 nitrogen and oxygen atoms in total. The molecule has 0 aromatic heterocycles. The van der Waals surface area contributed by atoms with Crippen LogP contribution in [-0.4, -0.2) is 39.2 Å². The maximum absolute atomic E-state index is 13.8. The topological polar surface area (TPSA) is 83.1 Å². The zero-order chi connectivity index (χ0) is 28.8. The molecule has 0 fully saturated rings. The number of hydrogen-bond acceptors (Lipinski definition) is 7. The highest BCUT2D eigenvalue weighted by Crippen LogP contribution is 2.46. The number of carbonyl (C=O) groups is 2. The van der Waals surface area contributed by atoms with Crippen molar-refractivity contribution >= 4 is 11.8 Å². The van der Waals surface area contributed by atoms with Crippen molar-refractivity contribution < 1.29 is 28.5 Å². The number of carbonyl (C=O) groups excluding carboxylic acids is 2. The second-order valence-corrected chi connectivity index (χ2v) is 10.3. The maximum Gasteiger partial charge on any atom is 0.336 e. The molecule has 2 aliphatic rings. The van der Waals surface area contributed by atoms with Gasteiger partial charge in [0.05, 0.1) is 19.3 Å². The number of rotatable bonds is 10. The van der Waals surface area contributed by atoms with E-state index in [0.29, 0.717) is 48.6 Å². The third-order valence-corrected chi connectivity index (χ3v) is 7.62. The zero-order valence-corrected chi connectivity index (χ0v) is 23.6. The van der Waals surface area contributed by atoms with Gasteiger partial charge in [-0.1, -0.05) is 54.6 Å². The van der Waals surface area contributed by atoms with Crippen molar-refractivity contribution in [2.45, 2.75) is 38.2 Å². The van der Waals surface area contributed by atoms with E-state index in [-0.39, 0.29) is 18.3 Å². The number of dihydropyridines is 1. The fourth-order valence-electron chi connectivity index (χ4n) is 5.55. The number of nitrogens with one attached hydrogen (secondary N) is 1. The molecule has 0 saturated carbocycles. The van der Waals surface area contributed by atoms with Crippen molar-refractivity contribution in [1.29, 1.82) is 0 Å². The van der Waals surface area contributed by atoms with Crippen molar-refractivity contribution in [2.24, 2.45) is 0 Å². The Morgan fingerprint density at radius 3 is 2.22 bits per heavy atom. The van der Waals surface area contributed by atoms with E-state index in [9.17, 15) is 9.59 Å². The summed E-state index contributed by atoms with van der Waals surface area (Å²) < 4.78 is 21.9. The summed E-state index contributed by atoms with van der Waals surface area (Å²) in [4.78, 5) is 27.2. The SMILES string of the molecule is COCCOC(=O)C1=C(C)NC2=C(C(=O)C[C@@H](c3ccc(OC)cc3)C2)[C@H]1c1ccc(OCc2ccccc2)cc1. The van der Waals surface area contributed by atoms with E-state index >= 15 is 0 Å². The molecule has 0 amide bonds. The summed E-state index contributed by atoms with van der Waals surface area (Å²) in [6.45, 7) is 2.73. The van der Waals surface area contributed by atoms with Crippen LogP contribution < -0.4 is 14.8 Å². The van der Waals surface area contributed by atoms with Crippen molar-refractivity contribution in [3.05, 3.63) is 118 Å². The Morgan fingerprint density at radius 1 is 0.854 bits per heavy atom. The van der Waals surface area contributed by atoms with Crippen LogP contribution in [0.15, 0.2) is 101 Å². The summed E-state index contributed by atoms with van der Waals surface area (Å²) in [6.07, 6.45) is 1.01. The van der Waals surface area contributed by atoms with E-state index in [4.69, 9.17) is 18.9 Å². The minimum Gasteiger partial charge on any atom is -0.497 e. The number of benzene rings is 3. The van der Waals surface area contributed by atoms with E-state index in [1.165, 1.54) is 0 Å². The van der Waals surface area contributed by atoms with Crippen LogP contribution in [0.5, 0.6) is 11.5 Å². The normalized spacial score (nSPS) is 18.5. The second-order valence-electron chi connectivity index (χ2n) is 10.3. The highest BCUT2D eigenvalue weighted by Gasteiger charge is 2.41. The van der Waals surface area contributed by atoms with E-state index < -0.39 is 11.9 Å². The predicted octanol–water partition coefficient (Wildman–Crippen LogP) is 5.83. The van der Waals surface area contributed by atoms with Gasteiger partial charge in [-0.25, -0.2) is 4.79 Å². The number of hydrogen-bond donors (Lipinski definition) is 1. The Morgan fingerprint density at radius 2 is 1.54 bits per heavy atom. The number of ether oxygens (including phenoxy) is 4. The van der Waals surface area contributed by atoms with Gasteiger partial charge in [0.15, 0.2) is 5.78 Å². The van der Waals surface area contributed by atoms with Gasteiger partial charge in [0.25, 0.3) is 0 Å². The van der Waals surface area contributed by atoms with Crippen LogP contribution in [0.3, 0.4) is 0 Å². The maximum atomic E-state index is 13.8. The lowest BCUT2D eigenvalue weighted by Crippen LogP contribution is -2.36. The molecule has 41 heavy (non-hydrogen) atoms. The molecule has 0 saturated heterocycles. The molecule has 3 aromatic rings. The Bertz CT molecular complexity index is 1440. The zero-order valence-electron chi connectivity index (χ0n) is 23.6. The van der Waals surface area contributed by atoms with Crippen LogP contribution in [0, 0.1) is 0 Å². The number of allylic oxidation sites excluding steroid dienone is 3. The molecule has 0 unspecified atom stereocenters. The van der Waals surface area contributed by atoms with Gasteiger partial charge < -0.3 is 24.3 Å². The fraction of sp³-hybridized carbons (Fsp3) is 0.294. The second kappa shape index (κ2) is 12.9. The largest absolute Gasteiger partial charge is 0.497 e. The highest BCUT2D eigenvalue weighted by molar-refractivity contribution is 6.04. The molecular formula is C34H35NO6. The summed E-state index contributed by atoms with van der Waals surface area (Å²) in [7, 11) is 3.19. The lowest BCUT2D eigenvalue weighted by atomic mass is 9.71. The molecule has 5 rings (SSSR count). The van der Waals surface area contributed by atoms with E-state index in [0.717, 1.165) is 28.1 Å². The smallest absolute Gasteiger partial charge is 0.336 e. The van der Waals surface area contributed by atoms with Gasteiger partial charge in [0, 0.05) is 36.4 Å². The standard InChI is InChI=1S/C34H35NO6/c1-22-31(34(37)40-18-17-38-2)32(25-11-15-28(16-12-25)41-21-23-7-5-4-6-8-23)33-29(35-22)19-26(20-30(33)36)24-9-13-27(39-3)14-10-24/h4-16,26,32,35H,17-21H2,1-3H3/t26-,32-/m0/s1. The molecule has 1 aliphatic heterocycles. The van der Waals surface area contributed by atoms with Crippen LogP contribution in [-0.2, 0) is 25.7 Å². The minimum absolute atomic E-state index is 0.0173. The van der Waals surface area contributed by atoms with Crippen molar-refractivity contribution in [3.63, 3.8) is 0 Å². The number of Topliss-reactive ketones (excluding diaryl/α,β-unsaturated/α-hetero) is 1. The summed E-state index contributed by atoms with van der Waals surface area (Å²) in [6, 6.07) is 25.5. The van der Waals surface area contributed by atoms with Crippen molar-refractivity contribution in [1.82, 2.24) is 5.32 Å². The van der Waals surface area contributed by atoms with Crippen LogP contribution in [0.25, 0.3) is 0 Å². The van der Waals surface area contributed by atoms with Gasteiger partial charge in [-0.15, -0.1) is 0 Å². The van der Waals surface area contributed by atoms with Gasteiger partial charge in [-0.2, -0.15) is 0 Å². The Balaban J connectivity index is 1.45. The Labute approximate surface area is 240 Å². The van der Waals surface area contributed by atoms with E-state index in [2.05, 4.69) is 5.32 Å². The molecular weight excluding hydrogens is 518 g/mol. The first-order valence-corrected chi connectivity index (χ1v) is 13.8. The molecule has 0 radical (unpaired) electrons. The number of ketones is 1. The number of esters is 1. The molecule has 7 heteroatoms. The van der Waals surface area contributed by atoms with Gasteiger partial charge in [0.1, 0.15) is 24.7 Å². The summed E-state index contributed by atoms with van der Waals surface area (Å²) in [5.74, 6) is 0.519. The highest BCUT2D eigenvalue weighted by atomic mass is 16.6. The van der Waals surface area contributed by atoms with Crippen LogP contribution in [0.4, 0.5) is 0 Å². The molecule has 3 aromatic carbocycles. The third-order valence-electron chi connectivity index (χ3n) is 7.62. The van der Waals surface area contributed by atoms with Crippen LogP contribution in [0.2, 0.25) is 0 Å². The van der Waals surface area contributed by atoms with E-state index in [1.54, 1.807) is 14.2 Å². The van der Waals surface area contributed by atoms with Gasteiger partial charge in [0.2, 0.25) is 0 Å². The lowest BCUT2D eigenvalue weighted by molar-refractivity contribution is -0.140. The van der Waals surface area contributed by atoms with Crippen LogP contribution >= 0.6 is 0 Å². The van der Waals surface area contributed by atoms with Gasteiger partial charge in [-0.3, -0.25) is 4.79 Å².